The predicted molar refractivity (Wildman–Crippen MR) is 103 cm³/mol. The number of carbonyl (C=O) groups excluding carboxylic acids is 2. The summed E-state index contributed by atoms with van der Waals surface area (Å²) in [4.78, 5) is 31.9. The van der Waals surface area contributed by atoms with Gasteiger partial charge in [-0.2, -0.15) is 0 Å². The Balaban J connectivity index is 1.32. The van der Waals surface area contributed by atoms with Gasteiger partial charge >= 0.3 is 6.03 Å². The van der Waals surface area contributed by atoms with Crippen LogP contribution in [0.3, 0.4) is 0 Å². The van der Waals surface area contributed by atoms with Gasteiger partial charge in [-0.15, -0.1) is 0 Å². The Morgan fingerprint density at radius 1 is 1.07 bits per heavy atom. The minimum atomic E-state index is -0.0319. The van der Waals surface area contributed by atoms with E-state index in [-0.39, 0.29) is 18.0 Å². The molecule has 4 rings (SSSR count). The van der Waals surface area contributed by atoms with Crippen LogP contribution in [0.15, 0.2) is 24.3 Å². The quantitative estimate of drug-likeness (QED) is 0.826. The highest BCUT2D eigenvalue weighted by Crippen LogP contribution is 2.22. The second-order valence-corrected chi connectivity index (χ2v) is 7.47. The van der Waals surface area contributed by atoms with Gasteiger partial charge in [-0.05, 0) is 31.0 Å². The molecule has 8 heteroatoms. The summed E-state index contributed by atoms with van der Waals surface area (Å²) in [5.41, 5.74) is 1.43. The highest BCUT2D eigenvalue weighted by atomic mass is 35.5. The predicted octanol–water partition coefficient (Wildman–Crippen LogP) is 2.47. The molecule has 3 amide bonds. The summed E-state index contributed by atoms with van der Waals surface area (Å²) in [7, 11) is 0. The molecule has 0 radical (unpaired) electrons. The van der Waals surface area contributed by atoms with Crippen LogP contribution in [0, 0.1) is 0 Å². The number of hydrogen-bond donors (Lipinski definition) is 2. The molecule has 2 aliphatic rings. The van der Waals surface area contributed by atoms with Crippen molar-refractivity contribution >= 4 is 34.4 Å². The van der Waals surface area contributed by atoms with Crippen molar-refractivity contribution in [1.29, 1.82) is 0 Å². The number of ether oxygens (including phenoxy) is 1. The smallest absolute Gasteiger partial charge is 0.317 e. The normalized spacial score (nSPS) is 18.7. The summed E-state index contributed by atoms with van der Waals surface area (Å²) < 4.78 is 5.27. The fraction of sp³-hybridized carbons (Fsp3) is 0.474. The zero-order valence-electron chi connectivity index (χ0n) is 15.0. The van der Waals surface area contributed by atoms with Crippen molar-refractivity contribution in [2.75, 3.05) is 39.4 Å². The minimum absolute atomic E-state index is 0.0136. The molecule has 0 atom stereocenters. The number of aromatic amines is 1. The maximum absolute atomic E-state index is 12.8. The third-order valence-corrected chi connectivity index (χ3v) is 5.46. The molecule has 27 heavy (non-hydrogen) atoms. The number of benzene rings is 1. The van der Waals surface area contributed by atoms with Crippen molar-refractivity contribution in [3.63, 3.8) is 0 Å². The molecule has 2 N–H and O–H groups in total. The lowest BCUT2D eigenvalue weighted by molar-refractivity contribution is 0.0512. The summed E-state index contributed by atoms with van der Waals surface area (Å²) in [6.07, 6.45) is 1.52. The number of aromatic nitrogens is 1. The average Bonchev–Trinajstić information content (AvgIpc) is 3.12. The van der Waals surface area contributed by atoms with Gasteiger partial charge < -0.3 is 24.8 Å². The first-order chi connectivity index (χ1) is 13.1. The Morgan fingerprint density at radius 3 is 2.56 bits per heavy atom. The number of amides is 3. The standard InChI is InChI=1S/C19H23ClN4O3/c20-14-2-1-13-11-17(22-16(13)12-14)18(25)23-5-3-15(4-6-23)21-19(26)24-7-9-27-10-8-24/h1-2,11-12,15,22H,3-10H2,(H,21,26). The van der Waals surface area contributed by atoms with E-state index in [1.54, 1.807) is 4.90 Å². The summed E-state index contributed by atoms with van der Waals surface area (Å²) in [6.45, 7) is 3.71. The Hall–Kier alpha value is -2.25. The number of H-pyrrole nitrogens is 1. The Kier molecular flexibility index (Phi) is 5.22. The topological polar surface area (TPSA) is 77.7 Å². The molecule has 2 aliphatic heterocycles. The van der Waals surface area contributed by atoms with Gasteiger partial charge in [0.2, 0.25) is 0 Å². The number of likely N-dealkylation sites (tertiary alicyclic amines) is 1. The molecule has 0 aliphatic carbocycles. The lowest BCUT2D eigenvalue weighted by Gasteiger charge is -2.34. The van der Waals surface area contributed by atoms with Crippen LogP contribution in [0.4, 0.5) is 4.79 Å². The molecule has 3 heterocycles. The first-order valence-corrected chi connectivity index (χ1v) is 9.69. The molecule has 0 unspecified atom stereocenters. The number of halogens is 1. The van der Waals surface area contributed by atoms with Crippen molar-refractivity contribution in [2.24, 2.45) is 0 Å². The Bertz CT molecular complexity index is 839. The Morgan fingerprint density at radius 2 is 1.81 bits per heavy atom. The van der Waals surface area contributed by atoms with E-state index in [1.165, 1.54) is 0 Å². The van der Waals surface area contributed by atoms with Crippen LogP contribution in [-0.2, 0) is 4.74 Å². The maximum Gasteiger partial charge on any atom is 0.317 e. The van der Waals surface area contributed by atoms with Gasteiger partial charge in [-0.3, -0.25) is 4.79 Å². The maximum atomic E-state index is 12.8. The number of fused-ring (bicyclic) bond motifs is 1. The number of hydrogen-bond acceptors (Lipinski definition) is 3. The molecule has 0 spiro atoms. The van der Waals surface area contributed by atoms with Crippen LogP contribution in [0.25, 0.3) is 10.9 Å². The van der Waals surface area contributed by atoms with E-state index in [1.807, 2.05) is 29.2 Å². The van der Waals surface area contributed by atoms with E-state index >= 15 is 0 Å². The van der Waals surface area contributed by atoms with Crippen molar-refractivity contribution in [2.45, 2.75) is 18.9 Å². The highest BCUT2D eigenvalue weighted by molar-refractivity contribution is 6.31. The van der Waals surface area contributed by atoms with Gasteiger partial charge in [-0.1, -0.05) is 17.7 Å². The molecule has 144 valence electrons. The molecule has 2 saturated heterocycles. The van der Waals surface area contributed by atoms with Crippen LogP contribution >= 0.6 is 11.6 Å². The molecule has 2 aromatic rings. The third kappa shape index (κ3) is 4.04. The zero-order valence-corrected chi connectivity index (χ0v) is 15.8. The van der Waals surface area contributed by atoms with Gasteiger partial charge in [0.05, 0.1) is 13.2 Å². The summed E-state index contributed by atoms with van der Waals surface area (Å²) in [6, 6.07) is 7.47. The molecule has 7 nitrogen and oxygen atoms in total. The molecule has 1 aromatic heterocycles. The van der Waals surface area contributed by atoms with Gasteiger partial charge in [0.15, 0.2) is 0 Å². The number of rotatable bonds is 2. The monoisotopic (exact) mass is 390 g/mol. The van der Waals surface area contributed by atoms with Gasteiger partial charge in [0.1, 0.15) is 5.69 Å². The number of nitrogens with one attached hydrogen (secondary N) is 2. The molecule has 2 fully saturated rings. The van der Waals surface area contributed by atoms with E-state index < -0.39 is 0 Å². The van der Waals surface area contributed by atoms with Gasteiger partial charge in [0, 0.05) is 48.1 Å². The van der Waals surface area contributed by atoms with Crippen molar-refractivity contribution < 1.29 is 14.3 Å². The van der Waals surface area contributed by atoms with Crippen LogP contribution in [0.5, 0.6) is 0 Å². The SMILES string of the molecule is O=C(NC1CCN(C(=O)c2cc3ccc(Cl)cc3[nH]2)CC1)N1CCOCC1. The average molecular weight is 391 g/mol. The van der Waals surface area contributed by atoms with E-state index in [0.29, 0.717) is 50.1 Å². The highest BCUT2D eigenvalue weighted by Gasteiger charge is 2.27. The number of urea groups is 1. The Labute approximate surface area is 162 Å². The van der Waals surface area contributed by atoms with E-state index in [4.69, 9.17) is 16.3 Å². The molecule has 0 bridgehead atoms. The second kappa shape index (κ2) is 7.78. The van der Waals surface area contributed by atoms with Crippen LogP contribution in [0.2, 0.25) is 5.02 Å². The van der Waals surface area contributed by atoms with Crippen LogP contribution in [-0.4, -0.2) is 72.2 Å². The zero-order chi connectivity index (χ0) is 18.8. The van der Waals surface area contributed by atoms with Gasteiger partial charge in [0.25, 0.3) is 5.91 Å². The minimum Gasteiger partial charge on any atom is -0.378 e. The van der Waals surface area contributed by atoms with E-state index in [0.717, 1.165) is 23.7 Å². The summed E-state index contributed by atoms with van der Waals surface area (Å²) in [5.74, 6) is -0.0136. The number of piperidine rings is 1. The number of carbonyl (C=O) groups is 2. The first-order valence-electron chi connectivity index (χ1n) is 9.31. The molecular weight excluding hydrogens is 368 g/mol. The van der Waals surface area contributed by atoms with Crippen LogP contribution in [0.1, 0.15) is 23.3 Å². The number of nitrogens with zero attached hydrogens (tertiary/aromatic N) is 2. The lowest BCUT2D eigenvalue weighted by Crippen LogP contribution is -2.52. The van der Waals surface area contributed by atoms with E-state index in [9.17, 15) is 9.59 Å². The van der Waals surface area contributed by atoms with Crippen molar-refractivity contribution in [1.82, 2.24) is 20.1 Å². The first kappa shape index (κ1) is 18.1. The summed E-state index contributed by atoms with van der Waals surface area (Å²) >= 11 is 6.01. The number of morpholine rings is 1. The van der Waals surface area contributed by atoms with Gasteiger partial charge in [-0.25, -0.2) is 4.79 Å². The van der Waals surface area contributed by atoms with Crippen LogP contribution < -0.4 is 5.32 Å². The molecule has 1 aromatic carbocycles. The van der Waals surface area contributed by atoms with Crippen molar-refractivity contribution in [3.8, 4) is 0 Å². The summed E-state index contributed by atoms with van der Waals surface area (Å²) in [5, 5.41) is 4.69. The van der Waals surface area contributed by atoms with Crippen molar-refractivity contribution in [3.05, 3.63) is 35.0 Å². The van der Waals surface area contributed by atoms with E-state index in [2.05, 4.69) is 10.3 Å². The fourth-order valence-corrected chi connectivity index (χ4v) is 3.82. The fourth-order valence-electron chi connectivity index (χ4n) is 3.64. The molecule has 0 saturated carbocycles. The molecular formula is C19H23ClN4O3. The largest absolute Gasteiger partial charge is 0.378 e. The third-order valence-electron chi connectivity index (χ3n) is 5.22. The second-order valence-electron chi connectivity index (χ2n) is 7.03. The lowest BCUT2D eigenvalue weighted by atomic mass is 10.0.